The predicted molar refractivity (Wildman–Crippen MR) is 266 cm³/mol. The fraction of sp³-hybridized carbons (Fsp3) is 0.333. The Bertz CT molecular complexity index is 3430. The van der Waals surface area contributed by atoms with Gasteiger partial charge in [0.25, 0.3) is 0 Å². The van der Waals surface area contributed by atoms with Crippen molar-refractivity contribution in [3.63, 3.8) is 0 Å². The Morgan fingerprint density at radius 3 is 1.86 bits per heavy atom. The Hall–Kier alpha value is -7.74. The number of ketones is 2. The lowest BCUT2D eigenvalue weighted by Crippen LogP contribution is -2.29. The number of carbonyl (C=O) groups is 4. The number of halogens is 2. The first-order valence-electron chi connectivity index (χ1n) is 25.0. The van der Waals surface area contributed by atoms with Crippen molar-refractivity contribution >= 4 is 23.5 Å². The molecule has 0 amide bonds. The van der Waals surface area contributed by atoms with Crippen LogP contribution in [-0.2, 0) is 27.5 Å². The van der Waals surface area contributed by atoms with Crippen molar-refractivity contribution in [3.05, 3.63) is 152 Å². The van der Waals surface area contributed by atoms with Crippen molar-refractivity contribution in [3.8, 4) is 56.8 Å². The highest BCUT2D eigenvalue weighted by molar-refractivity contribution is 6.13. The Balaban J connectivity index is 0.735. The Morgan fingerprint density at radius 1 is 0.689 bits per heavy atom. The van der Waals surface area contributed by atoms with Crippen molar-refractivity contribution in [1.29, 1.82) is 0 Å². The Labute approximate surface area is 425 Å². The first-order valence-corrected chi connectivity index (χ1v) is 25.0. The number of carbonyl (C=O) groups excluding carboxylic acids is 3. The summed E-state index contributed by atoms with van der Waals surface area (Å²) in [5.74, 6) is -1.55. The van der Waals surface area contributed by atoms with Crippen LogP contribution < -0.4 is 28.4 Å². The molecule has 2 spiro atoms. The molecule has 2 saturated carbocycles. The molecular weight excluding hydrogens is 951 g/mol. The summed E-state index contributed by atoms with van der Waals surface area (Å²) >= 11 is 0. The number of esters is 1. The summed E-state index contributed by atoms with van der Waals surface area (Å²) < 4.78 is 74.5. The molecule has 6 aliphatic rings. The topological polar surface area (TPSA) is 153 Å². The molecule has 0 bridgehead atoms. The van der Waals surface area contributed by atoms with Crippen LogP contribution in [0.25, 0.3) is 22.3 Å². The summed E-state index contributed by atoms with van der Waals surface area (Å²) in [6.45, 7) is 7.71. The number of carboxylic acid groups (broad SMARTS) is 1. The van der Waals surface area contributed by atoms with Crippen LogP contribution in [0.4, 0.5) is 8.78 Å². The second-order valence-corrected chi connectivity index (χ2v) is 20.7. The maximum atomic E-state index is 16.6. The molecule has 14 heteroatoms. The van der Waals surface area contributed by atoms with Gasteiger partial charge in [-0.25, -0.2) is 8.78 Å². The maximum Gasteiger partial charge on any atom is 0.306 e. The summed E-state index contributed by atoms with van der Waals surface area (Å²) in [5.41, 5.74) is 6.43. The molecule has 6 aromatic carbocycles. The molecule has 12 nitrogen and oxygen atoms in total. The average molecular weight is 1000 g/mol. The van der Waals surface area contributed by atoms with E-state index < -0.39 is 46.8 Å². The highest BCUT2D eigenvalue weighted by atomic mass is 19.1. The van der Waals surface area contributed by atoms with Gasteiger partial charge >= 0.3 is 11.9 Å². The summed E-state index contributed by atoms with van der Waals surface area (Å²) in [6, 6.07) is 26.0. The minimum absolute atomic E-state index is 0.0162. The van der Waals surface area contributed by atoms with Crippen LogP contribution in [0, 0.1) is 45.2 Å². The third-order valence-corrected chi connectivity index (χ3v) is 16.1. The summed E-state index contributed by atoms with van der Waals surface area (Å²) in [7, 11) is 1.34. The zero-order chi connectivity index (χ0) is 51.5. The molecule has 12 rings (SSSR count). The van der Waals surface area contributed by atoms with Crippen molar-refractivity contribution < 1.29 is 66.2 Å². The van der Waals surface area contributed by atoms with Gasteiger partial charge in [-0.05, 0) is 127 Å². The van der Waals surface area contributed by atoms with E-state index in [1.807, 2.05) is 80.6 Å². The van der Waals surface area contributed by atoms with Gasteiger partial charge in [0.05, 0.1) is 37.7 Å². The first kappa shape index (κ1) is 47.3. The van der Waals surface area contributed by atoms with Crippen LogP contribution in [0.1, 0.15) is 116 Å². The molecule has 0 aromatic heterocycles. The van der Waals surface area contributed by atoms with E-state index in [0.29, 0.717) is 94.2 Å². The van der Waals surface area contributed by atoms with Crippen molar-refractivity contribution in [2.75, 3.05) is 13.7 Å². The normalized spacial score (nSPS) is 21.8. The third-order valence-electron chi connectivity index (χ3n) is 16.1. The highest BCUT2D eigenvalue weighted by Gasteiger charge is 2.68. The van der Waals surface area contributed by atoms with Gasteiger partial charge in [0, 0.05) is 47.4 Å². The van der Waals surface area contributed by atoms with Gasteiger partial charge in [0.1, 0.15) is 42.3 Å². The number of aliphatic carboxylic acids is 1. The minimum Gasteiger partial charge on any atom is -0.492 e. The fourth-order valence-corrected chi connectivity index (χ4v) is 12.0. The third kappa shape index (κ3) is 7.66. The molecule has 0 radical (unpaired) electrons. The van der Waals surface area contributed by atoms with Crippen LogP contribution in [-0.4, -0.2) is 59.6 Å². The van der Waals surface area contributed by atoms with E-state index in [-0.39, 0.29) is 66.5 Å². The number of Topliss-reactive ketones (excluding diaryl/α,β-unsaturated/α-hetero) is 2. The summed E-state index contributed by atoms with van der Waals surface area (Å²) in [6.07, 6.45) is 1.38. The second-order valence-electron chi connectivity index (χ2n) is 20.7. The molecule has 2 aliphatic carbocycles. The standard InChI is InChI=1S/C60H52F2O12/c1-29-49(31(3)53(61)55-51(29)57(66)59(73-55)16-17-59)35-10-6-9-34(18-35)27-70-40-13-15-42-43(24-48(65)68-5)45(72-46(42)23-40)21-38-25-60(38)58(67)52-30(2)50(32(4)54(62)56(52)74-60)36-11-7-8-33(19-36)26-69-39-12-14-41-37(20-47(63)64)28-71-44(41)22-39/h6-15,18-19,22-23,37-38,43,45H,16-17,20-21,24-28H2,1-5H3,(H,63,64)/t37-,38?,43+,45?,60?/m1/s1. The summed E-state index contributed by atoms with van der Waals surface area (Å²) in [4.78, 5) is 52.1. The molecule has 378 valence electrons. The average Bonchev–Trinajstić information content (AvgIpc) is 4.15. The Kier molecular flexibility index (Phi) is 11.1. The predicted octanol–water partition coefficient (Wildman–Crippen LogP) is 11.6. The zero-order valence-corrected chi connectivity index (χ0v) is 41.5. The number of hydrogen-bond acceptors (Lipinski definition) is 11. The molecular formula is C60H52F2O12. The molecule has 4 heterocycles. The lowest BCUT2D eigenvalue weighted by Gasteiger charge is -2.19. The van der Waals surface area contributed by atoms with E-state index in [0.717, 1.165) is 33.4 Å². The van der Waals surface area contributed by atoms with Crippen LogP contribution >= 0.6 is 0 Å². The molecule has 0 saturated heterocycles. The van der Waals surface area contributed by atoms with E-state index in [4.69, 9.17) is 33.2 Å². The SMILES string of the molecule is COC(=O)C[C@H]1c2ccc(OCc3cccc(-c4c(C)c(F)c5c(c4C)C(=O)C4(CC4)O5)c3)cc2OC1CC1CC12Oc1c(F)c(C)c(-c3cccc(COc4ccc5c(c4)OC[C@H]5CC(=O)O)c3)c(C)c1C2=O. The van der Waals surface area contributed by atoms with Gasteiger partial charge in [-0.3, -0.25) is 19.2 Å². The smallest absolute Gasteiger partial charge is 0.306 e. The Morgan fingerprint density at radius 2 is 1.27 bits per heavy atom. The van der Waals surface area contributed by atoms with Gasteiger partial charge in [-0.2, -0.15) is 0 Å². The van der Waals surface area contributed by atoms with Gasteiger partial charge in [-0.15, -0.1) is 0 Å². The number of fused-ring (bicyclic) bond motifs is 4. The number of carboxylic acids is 1. The molecule has 1 N–H and O–H groups in total. The molecule has 3 unspecified atom stereocenters. The maximum absolute atomic E-state index is 16.6. The van der Waals surface area contributed by atoms with Crippen LogP contribution in [0.2, 0.25) is 0 Å². The molecule has 74 heavy (non-hydrogen) atoms. The monoisotopic (exact) mass is 1000 g/mol. The quantitative estimate of drug-likeness (QED) is 0.103. The fourth-order valence-electron chi connectivity index (χ4n) is 12.0. The second kappa shape index (κ2) is 17.5. The number of methoxy groups -OCH3 is 1. The molecule has 4 aliphatic heterocycles. The van der Waals surface area contributed by atoms with Gasteiger partial charge in [0.2, 0.25) is 11.6 Å². The van der Waals surface area contributed by atoms with Crippen molar-refractivity contribution in [2.45, 2.75) is 109 Å². The van der Waals surface area contributed by atoms with Gasteiger partial charge < -0.3 is 38.3 Å². The summed E-state index contributed by atoms with van der Waals surface area (Å²) in [5, 5.41) is 9.27. The van der Waals surface area contributed by atoms with E-state index in [9.17, 15) is 24.3 Å². The van der Waals surface area contributed by atoms with Crippen LogP contribution in [0.15, 0.2) is 84.9 Å². The number of ether oxygens (including phenoxy) is 7. The molecule has 6 aromatic rings. The van der Waals surface area contributed by atoms with Gasteiger partial charge in [0.15, 0.2) is 34.3 Å². The zero-order valence-electron chi connectivity index (χ0n) is 41.5. The van der Waals surface area contributed by atoms with E-state index in [2.05, 4.69) is 0 Å². The highest BCUT2D eigenvalue weighted by Crippen LogP contribution is 2.61. The van der Waals surface area contributed by atoms with E-state index in [1.54, 1.807) is 32.0 Å². The lowest BCUT2D eigenvalue weighted by atomic mass is 9.87. The molecule has 2 fully saturated rings. The molecule has 5 atom stereocenters. The van der Waals surface area contributed by atoms with E-state index >= 15 is 8.78 Å². The van der Waals surface area contributed by atoms with Crippen molar-refractivity contribution in [2.24, 2.45) is 5.92 Å². The number of hydrogen-bond donors (Lipinski definition) is 1. The lowest BCUT2D eigenvalue weighted by molar-refractivity contribution is -0.141. The van der Waals surface area contributed by atoms with Crippen LogP contribution in [0.5, 0.6) is 34.5 Å². The van der Waals surface area contributed by atoms with Crippen molar-refractivity contribution in [1.82, 2.24) is 0 Å². The number of rotatable bonds is 14. The first-order chi connectivity index (χ1) is 35.6. The van der Waals surface area contributed by atoms with Gasteiger partial charge in [-0.1, -0.05) is 48.5 Å². The van der Waals surface area contributed by atoms with Crippen LogP contribution in [0.3, 0.4) is 0 Å². The number of benzene rings is 6. The van der Waals surface area contributed by atoms with E-state index in [1.165, 1.54) is 7.11 Å². The minimum atomic E-state index is -1.27. The largest absolute Gasteiger partial charge is 0.492 e.